The molecule has 0 unspecified atom stereocenters. The Morgan fingerprint density at radius 1 is 1.12 bits per heavy atom. The predicted octanol–water partition coefficient (Wildman–Crippen LogP) is 3.58. The lowest BCUT2D eigenvalue weighted by Crippen LogP contribution is -2.22. The number of benzene rings is 2. The van der Waals surface area contributed by atoms with Gasteiger partial charge in [-0.25, -0.2) is 4.99 Å². The lowest BCUT2D eigenvalue weighted by molar-refractivity contribution is 0.768. The van der Waals surface area contributed by atoms with Crippen LogP contribution in [-0.4, -0.2) is 15.7 Å². The van der Waals surface area contributed by atoms with Crippen LogP contribution in [0.5, 0.6) is 0 Å². The van der Waals surface area contributed by atoms with Crippen molar-refractivity contribution in [2.75, 3.05) is 5.32 Å². The van der Waals surface area contributed by atoms with Gasteiger partial charge >= 0.3 is 0 Å². The zero-order valence-electron chi connectivity index (χ0n) is 14.6. The Bertz CT molecular complexity index is 879. The SMILES string of the molecule is CCc1cccc(NC(N)=NCc2cccc(-c3cnn(C)c3)c2)c1. The van der Waals surface area contributed by atoms with Gasteiger partial charge in [-0.1, -0.05) is 37.3 Å². The Morgan fingerprint density at radius 3 is 2.68 bits per heavy atom. The van der Waals surface area contributed by atoms with Crippen molar-refractivity contribution in [1.29, 1.82) is 0 Å². The van der Waals surface area contributed by atoms with Crippen LogP contribution in [0.4, 0.5) is 5.69 Å². The van der Waals surface area contributed by atoms with Crippen LogP contribution in [0, 0.1) is 0 Å². The number of guanidine groups is 1. The molecule has 0 saturated carbocycles. The maximum Gasteiger partial charge on any atom is 0.193 e. The Kier molecular flexibility index (Phi) is 5.14. The van der Waals surface area contributed by atoms with E-state index in [-0.39, 0.29) is 0 Å². The van der Waals surface area contributed by atoms with Crippen molar-refractivity contribution in [2.45, 2.75) is 19.9 Å². The van der Waals surface area contributed by atoms with E-state index in [2.05, 4.69) is 46.6 Å². The van der Waals surface area contributed by atoms with Gasteiger partial charge in [0, 0.05) is 24.5 Å². The van der Waals surface area contributed by atoms with Gasteiger partial charge in [-0.15, -0.1) is 0 Å². The summed E-state index contributed by atoms with van der Waals surface area (Å²) in [4.78, 5) is 4.45. The largest absolute Gasteiger partial charge is 0.370 e. The number of nitrogens with two attached hydrogens (primary N) is 1. The van der Waals surface area contributed by atoms with Crippen LogP contribution in [-0.2, 0) is 20.0 Å². The highest BCUT2D eigenvalue weighted by Crippen LogP contribution is 2.20. The van der Waals surface area contributed by atoms with Crippen LogP contribution in [0.15, 0.2) is 65.9 Å². The molecule has 5 nitrogen and oxygen atoms in total. The van der Waals surface area contributed by atoms with Crippen LogP contribution in [0.3, 0.4) is 0 Å². The van der Waals surface area contributed by atoms with Gasteiger partial charge in [0.25, 0.3) is 0 Å². The quantitative estimate of drug-likeness (QED) is 0.554. The number of hydrogen-bond acceptors (Lipinski definition) is 2. The summed E-state index contributed by atoms with van der Waals surface area (Å²) in [6.07, 6.45) is 4.85. The second-order valence-electron chi connectivity index (χ2n) is 5.98. The molecule has 3 aromatic rings. The number of hydrogen-bond donors (Lipinski definition) is 2. The van der Waals surface area contributed by atoms with Crippen LogP contribution in [0.2, 0.25) is 0 Å². The summed E-state index contributed by atoms with van der Waals surface area (Å²) in [7, 11) is 1.91. The molecule has 0 bridgehead atoms. The molecule has 128 valence electrons. The molecule has 1 heterocycles. The third-order valence-electron chi connectivity index (χ3n) is 4.00. The zero-order valence-corrected chi connectivity index (χ0v) is 14.6. The molecule has 1 aromatic heterocycles. The minimum Gasteiger partial charge on any atom is -0.370 e. The van der Waals surface area contributed by atoms with Gasteiger partial charge in [-0.05, 0) is 41.3 Å². The molecule has 0 aliphatic heterocycles. The summed E-state index contributed by atoms with van der Waals surface area (Å²) in [5.41, 5.74) is 11.6. The third-order valence-corrected chi connectivity index (χ3v) is 4.00. The number of aromatic nitrogens is 2. The molecule has 0 aliphatic carbocycles. The van der Waals surface area contributed by atoms with Crippen molar-refractivity contribution in [2.24, 2.45) is 17.8 Å². The first kappa shape index (κ1) is 16.8. The minimum atomic E-state index is 0.417. The second-order valence-corrected chi connectivity index (χ2v) is 5.98. The fourth-order valence-corrected chi connectivity index (χ4v) is 2.65. The Morgan fingerprint density at radius 2 is 1.92 bits per heavy atom. The standard InChI is InChI=1S/C20H23N5/c1-3-15-6-5-9-19(11-15)24-20(21)22-12-16-7-4-8-17(10-16)18-13-23-25(2)14-18/h4-11,13-14H,3,12H2,1-2H3,(H3,21,22,24). The maximum atomic E-state index is 6.02. The van der Waals surface area contributed by atoms with E-state index in [0.717, 1.165) is 28.8 Å². The summed E-state index contributed by atoms with van der Waals surface area (Å²) in [6, 6.07) is 16.5. The van der Waals surface area contributed by atoms with Crippen molar-refractivity contribution in [3.63, 3.8) is 0 Å². The van der Waals surface area contributed by atoms with Gasteiger partial charge in [0.1, 0.15) is 0 Å². The average molecular weight is 333 g/mol. The molecule has 0 fully saturated rings. The monoisotopic (exact) mass is 333 g/mol. The van der Waals surface area contributed by atoms with Crippen molar-refractivity contribution in [3.8, 4) is 11.1 Å². The van der Waals surface area contributed by atoms with Gasteiger partial charge in [0.15, 0.2) is 5.96 Å². The molecular formula is C20H23N5. The van der Waals surface area contributed by atoms with E-state index >= 15 is 0 Å². The smallest absolute Gasteiger partial charge is 0.193 e. The van der Waals surface area contributed by atoms with Crippen LogP contribution in [0.25, 0.3) is 11.1 Å². The summed E-state index contributed by atoms with van der Waals surface area (Å²) in [6.45, 7) is 2.66. The number of aliphatic imine (C=N–C) groups is 1. The molecule has 0 spiro atoms. The van der Waals surface area contributed by atoms with E-state index < -0.39 is 0 Å². The molecule has 25 heavy (non-hydrogen) atoms. The lowest BCUT2D eigenvalue weighted by atomic mass is 10.1. The molecule has 5 heteroatoms. The molecular weight excluding hydrogens is 310 g/mol. The summed E-state index contributed by atoms with van der Waals surface area (Å²) < 4.78 is 1.80. The van der Waals surface area contributed by atoms with E-state index in [0.29, 0.717) is 12.5 Å². The molecule has 0 radical (unpaired) electrons. The van der Waals surface area contributed by atoms with Gasteiger partial charge < -0.3 is 11.1 Å². The summed E-state index contributed by atoms with van der Waals surface area (Å²) >= 11 is 0. The van der Waals surface area contributed by atoms with Crippen LogP contribution in [0.1, 0.15) is 18.1 Å². The summed E-state index contributed by atoms with van der Waals surface area (Å²) in [5.74, 6) is 0.417. The van der Waals surface area contributed by atoms with Crippen molar-refractivity contribution in [3.05, 3.63) is 72.1 Å². The number of anilines is 1. The first-order valence-electron chi connectivity index (χ1n) is 8.38. The number of rotatable bonds is 5. The van der Waals surface area contributed by atoms with E-state index in [9.17, 15) is 0 Å². The van der Waals surface area contributed by atoms with Crippen molar-refractivity contribution < 1.29 is 0 Å². The van der Waals surface area contributed by atoms with Gasteiger partial charge in [-0.2, -0.15) is 5.10 Å². The highest BCUT2D eigenvalue weighted by atomic mass is 15.2. The van der Waals surface area contributed by atoms with E-state index in [1.54, 1.807) is 4.68 Å². The topological polar surface area (TPSA) is 68.2 Å². The van der Waals surface area contributed by atoms with E-state index in [4.69, 9.17) is 5.73 Å². The van der Waals surface area contributed by atoms with Gasteiger partial charge in [0.2, 0.25) is 0 Å². The Hall–Kier alpha value is -3.08. The zero-order chi connectivity index (χ0) is 17.6. The van der Waals surface area contributed by atoms with Gasteiger partial charge in [-0.3, -0.25) is 4.68 Å². The molecule has 0 aliphatic rings. The first-order chi connectivity index (χ1) is 12.1. The maximum absolute atomic E-state index is 6.02. The fourth-order valence-electron chi connectivity index (χ4n) is 2.65. The highest BCUT2D eigenvalue weighted by molar-refractivity contribution is 5.92. The highest BCUT2D eigenvalue weighted by Gasteiger charge is 2.02. The molecule has 3 N–H and O–H groups in total. The lowest BCUT2D eigenvalue weighted by Gasteiger charge is -2.07. The second kappa shape index (κ2) is 7.66. The first-order valence-corrected chi connectivity index (χ1v) is 8.38. The molecule has 2 aromatic carbocycles. The number of nitrogens with zero attached hydrogens (tertiary/aromatic N) is 3. The predicted molar refractivity (Wildman–Crippen MR) is 103 cm³/mol. The van der Waals surface area contributed by atoms with E-state index in [1.807, 2.05) is 43.7 Å². The van der Waals surface area contributed by atoms with Crippen LogP contribution >= 0.6 is 0 Å². The summed E-state index contributed by atoms with van der Waals surface area (Å²) in [5, 5.41) is 7.37. The Labute approximate surface area is 148 Å². The van der Waals surface area contributed by atoms with Crippen LogP contribution < -0.4 is 11.1 Å². The number of nitrogens with one attached hydrogen (secondary N) is 1. The normalized spacial score (nSPS) is 11.5. The Balaban J connectivity index is 1.68. The molecule has 0 atom stereocenters. The van der Waals surface area contributed by atoms with Crippen molar-refractivity contribution in [1.82, 2.24) is 9.78 Å². The molecule has 0 amide bonds. The average Bonchev–Trinajstić information content (AvgIpc) is 3.07. The fraction of sp³-hybridized carbons (Fsp3) is 0.200. The minimum absolute atomic E-state index is 0.417. The number of aryl methyl sites for hydroxylation is 2. The van der Waals surface area contributed by atoms with Gasteiger partial charge in [0.05, 0.1) is 12.7 Å². The molecule has 0 saturated heterocycles. The molecule has 3 rings (SSSR count). The van der Waals surface area contributed by atoms with Crippen molar-refractivity contribution >= 4 is 11.6 Å². The van der Waals surface area contributed by atoms with E-state index in [1.165, 1.54) is 5.56 Å². The third kappa shape index (κ3) is 4.47.